The van der Waals surface area contributed by atoms with Gasteiger partial charge in [0.05, 0.1) is 5.52 Å². The first-order chi connectivity index (χ1) is 9.86. The van der Waals surface area contributed by atoms with Gasteiger partial charge in [0.1, 0.15) is 5.82 Å². The van der Waals surface area contributed by atoms with Gasteiger partial charge in [-0.25, -0.2) is 10.8 Å². The van der Waals surface area contributed by atoms with Crippen LogP contribution < -0.4 is 11.3 Å². The van der Waals surface area contributed by atoms with Gasteiger partial charge in [0.25, 0.3) is 0 Å². The minimum atomic E-state index is 0.806. The number of aromatic nitrogens is 1. The molecule has 4 heteroatoms. The number of hydrogen-bond acceptors (Lipinski definition) is 4. The number of thioether (sulfide) groups is 1. The Labute approximate surface area is 124 Å². The van der Waals surface area contributed by atoms with E-state index in [4.69, 9.17) is 5.84 Å². The number of nitrogens with zero attached hydrogens (tertiary/aromatic N) is 1. The fraction of sp³-hybridized carbons (Fsp3) is 0.438. The third-order valence-electron chi connectivity index (χ3n) is 3.97. The van der Waals surface area contributed by atoms with E-state index >= 15 is 0 Å². The molecule has 3 rings (SSSR count). The summed E-state index contributed by atoms with van der Waals surface area (Å²) in [5, 5.41) is 1.99. The van der Waals surface area contributed by atoms with E-state index in [0.29, 0.717) is 0 Å². The molecule has 1 fully saturated rings. The van der Waals surface area contributed by atoms with Crippen LogP contribution in [0.15, 0.2) is 30.3 Å². The Morgan fingerprint density at radius 3 is 2.80 bits per heavy atom. The molecule has 1 heterocycles. The number of fused-ring (bicyclic) bond motifs is 1. The van der Waals surface area contributed by atoms with Gasteiger partial charge in [-0.1, -0.05) is 37.5 Å². The lowest BCUT2D eigenvalue weighted by Gasteiger charge is -2.21. The number of hydrogen-bond donors (Lipinski definition) is 2. The molecule has 0 saturated heterocycles. The molecule has 1 aliphatic rings. The molecule has 0 unspecified atom stereocenters. The molecular formula is C16H21N3S. The van der Waals surface area contributed by atoms with Crippen molar-refractivity contribution in [3.63, 3.8) is 0 Å². The number of benzene rings is 1. The van der Waals surface area contributed by atoms with Gasteiger partial charge in [0, 0.05) is 22.0 Å². The van der Waals surface area contributed by atoms with Crippen LogP contribution in [-0.2, 0) is 5.75 Å². The summed E-state index contributed by atoms with van der Waals surface area (Å²) in [5.41, 5.74) is 4.95. The van der Waals surface area contributed by atoms with Crippen LogP contribution in [0.4, 0.5) is 5.82 Å². The van der Waals surface area contributed by atoms with Crippen LogP contribution in [0, 0.1) is 0 Å². The second-order valence-corrected chi connectivity index (χ2v) is 6.69. The number of nitrogen functional groups attached to an aromatic ring is 1. The van der Waals surface area contributed by atoms with Crippen molar-refractivity contribution in [2.75, 3.05) is 5.43 Å². The van der Waals surface area contributed by atoms with E-state index in [0.717, 1.165) is 22.3 Å². The fourth-order valence-electron chi connectivity index (χ4n) is 2.83. The molecule has 0 aliphatic heterocycles. The summed E-state index contributed by atoms with van der Waals surface area (Å²) in [6.45, 7) is 0. The van der Waals surface area contributed by atoms with Gasteiger partial charge in [0.2, 0.25) is 0 Å². The van der Waals surface area contributed by atoms with Crippen molar-refractivity contribution in [3.8, 4) is 0 Å². The Bertz CT molecular complexity index is 579. The first-order valence-corrected chi connectivity index (χ1v) is 8.38. The van der Waals surface area contributed by atoms with Crippen LogP contribution in [0.5, 0.6) is 0 Å². The highest BCUT2D eigenvalue weighted by molar-refractivity contribution is 7.99. The van der Waals surface area contributed by atoms with E-state index in [2.05, 4.69) is 40.4 Å². The zero-order valence-electron chi connectivity index (χ0n) is 11.6. The largest absolute Gasteiger partial charge is 0.308 e. The van der Waals surface area contributed by atoms with Crippen molar-refractivity contribution in [1.82, 2.24) is 4.98 Å². The second kappa shape index (κ2) is 6.46. The molecule has 0 bridgehead atoms. The summed E-state index contributed by atoms with van der Waals surface area (Å²) < 4.78 is 0. The smallest absolute Gasteiger partial charge is 0.144 e. The Balaban J connectivity index is 1.78. The third kappa shape index (κ3) is 3.07. The average Bonchev–Trinajstić information content (AvgIpc) is 2.53. The molecule has 3 N–H and O–H groups in total. The molecular weight excluding hydrogens is 266 g/mol. The van der Waals surface area contributed by atoms with Crippen molar-refractivity contribution in [2.45, 2.75) is 43.1 Å². The molecule has 1 aromatic heterocycles. The predicted octanol–water partition coefficient (Wildman–Crippen LogP) is 4.09. The first-order valence-electron chi connectivity index (χ1n) is 7.34. The fourth-order valence-corrected chi connectivity index (χ4v) is 4.14. The van der Waals surface area contributed by atoms with E-state index < -0.39 is 0 Å². The zero-order chi connectivity index (χ0) is 13.8. The Kier molecular flexibility index (Phi) is 4.43. The summed E-state index contributed by atoms with van der Waals surface area (Å²) in [7, 11) is 0. The van der Waals surface area contributed by atoms with E-state index in [-0.39, 0.29) is 0 Å². The Morgan fingerprint density at radius 1 is 1.20 bits per heavy atom. The van der Waals surface area contributed by atoms with Crippen molar-refractivity contribution in [3.05, 3.63) is 35.9 Å². The van der Waals surface area contributed by atoms with Gasteiger partial charge in [-0.15, -0.1) is 0 Å². The molecule has 1 saturated carbocycles. The summed E-state index contributed by atoms with van der Waals surface area (Å²) in [5.74, 6) is 7.43. The lowest BCUT2D eigenvalue weighted by molar-refractivity contribution is 0.516. The SMILES string of the molecule is NNc1nc2ccccc2cc1CSC1CCCCC1. The molecule has 3 nitrogen and oxygen atoms in total. The maximum atomic E-state index is 5.63. The van der Waals surface area contributed by atoms with Crippen molar-refractivity contribution >= 4 is 28.5 Å². The van der Waals surface area contributed by atoms with Crippen LogP contribution in [0.2, 0.25) is 0 Å². The summed E-state index contributed by atoms with van der Waals surface area (Å²) in [6.07, 6.45) is 6.89. The molecule has 106 valence electrons. The topological polar surface area (TPSA) is 50.9 Å². The minimum absolute atomic E-state index is 0.806. The first kappa shape index (κ1) is 13.7. The van der Waals surface area contributed by atoms with Crippen LogP contribution in [-0.4, -0.2) is 10.2 Å². The van der Waals surface area contributed by atoms with Crippen molar-refractivity contribution in [2.24, 2.45) is 5.84 Å². The quantitative estimate of drug-likeness (QED) is 0.657. The number of para-hydroxylation sites is 1. The van der Waals surface area contributed by atoms with E-state index in [1.165, 1.54) is 43.1 Å². The molecule has 0 spiro atoms. The third-order valence-corrected chi connectivity index (χ3v) is 5.39. The van der Waals surface area contributed by atoms with Crippen LogP contribution in [0.3, 0.4) is 0 Å². The van der Waals surface area contributed by atoms with Crippen molar-refractivity contribution in [1.29, 1.82) is 0 Å². The number of nitrogens with one attached hydrogen (secondary N) is 1. The van der Waals surface area contributed by atoms with Gasteiger partial charge in [0.15, 0.2) is 0 Å². The standard InChI is InChI=1S/C16H21N3S/c17-19-16-13(11-20-14-7-2-1-3-8-14)10-12-6-4-5-9-15(12)18-16/h4-6,9-10,14H,1-3,7-8,11,17H2,(H,18,19). The van der Waals surface area contributed by atoms with Crippen LogP contribution in [0.1, 0.15) is 37.7 Å². The molecule has 0 radical (unpaired) electrons. The number of hydrazine groups is 1. The highest BCUT2D eigenvalue weighted by Gasteiger charge is 2.15. The van der Waals surface area contributed by atoms with Gasteiger partial charge in [-0.2, -0.15) is 11.8 Å². The maximum Gasteiger partial charge on any atom is 0.144 e. The Morgan fingerprint density at radius 2 is 2.00 bits per heavy atom. The highest BCUT2D eigenvalue weighted by atomic mass is 32.2. The number of nitrogens with two attached hydrogens (primary N) is 1. The Hall–Kier alpha value is -1.26. The zero-order valence-corrected chi connectivity index (χ0v) is 12.5. The summed E-state index contributed by atoms with van der Waals surface area (Å²) in [6, 6.07) is 10.4. The molecule has 20 heavy (non-hydrogen) atoms. The number of rotatable bonds is 4. The molecule has 1 aliphatic carbocycles. The second-order valence-electron chi connectivity index (χ2n) is 5.40. The van der Waals surface area contributed by atoms with Crippen LogP contribution in [0.25, 0.3) is 10.9 Å². The lowest BCUT2D eigenvalue weighted by atomic mass is 10.0. The highest BCUT2D eigenvalue weighted by Crippen LogP contribution is 2.32. The summed E-state index contributed by atoms with van der Waals surface area (Å²) in [4.78, 5) is 4.61. The normalized spacial score (nSPS) is 16.4. The number of pyridine rings is 1. The minimum Gasteiger partial charge on any atom is -0.308 e. The van der Waals surface area contributed by atoms with Gasteiger partial charge in [-0.05, 0) is 25.0 Å². The van der Waals surface area contributed by atoms with Gasteiger partial charge in [-0.3, -0.25) is 0 Å². The van der Waals surface area contributed by atoms with Gasteiger partial charge >= 0.3 is 0 Å². The van der Waals surface area contributed by atoms with E-state index in [1.807, 2.05) is 12.1 Å². The average molecular weight is 287 g/mol. The summed E-state index contributed by atoms with van der Waals surface area (Å²) >= 11 is 2.05. The van der Waals surface area contributed by atoms with Crippen molar-refractivity contribution < 1.29 is 0 Å². The molecule has 0 atom stereocenters. The van der Waals surface area contributed by atoms with E-state index in [1.54, 1.807) is 0 Å². The maximum absolute atomic E-state index is 5.63. The predicted molar refractivity (Wildman–Crippen MR) is 87.7 cm³/mol. The monoisotopic (exact) mass is 287 g/mol. The van der Waals surface area contributed by atoms with E-state index in [9.17, 15) is 0 Å². The van der Waals surface area contributed by atoms with Gasteiger partial charge < -0.3 is 5.43 Å². The molecule has 1 aromatic carbocycles. The molecule has 2 aromatic rings. The lowest BCUT2D eigenvalue weighted by Crippen LogP contribution is -2.12. The van der Waals surface area contributed by atoms with Crippen LogP contribution >= 0.6 is 11.8 Å². The number of anilines is 1. The molecule has 0 amide bonds.